The highest BCUT2D eigenvalue weighted by Crippen LogP contribution is 2.40. The van der Waals surface area contributed by atoms with Crippen LogP contribution < -0.4 is 4.90 Å². The Labute approximate surface area is 175 Å². The van der Waals surface area contributed by atoms with Crippen molar-refractivity contribution >= 4 is 29.3 Å². The van der Waals surface area contributed by atoms with Gasteiger partial charge >= 0.3 is 0 Å². The van der Waals surface area contributed by atoms with E-state index in [2.05, 4.69) is 16.8 Å². The number of fused-ring (bicyclic) bond motifs is 2. The van der Waals surface area contributed by atoms with Crippen LogP contribution in [0, 0.1) is 0 Å². The van der Waals surface area contributed by atoms with Gasteiger partial charge in [-0.1, -0.05) is 18.7 Å². The molecule has 4 rings (SSSR count). The molecule has 0 saturated carbocycles. The topological polar surface area (TPSA) is 56.8 Å². The normalized spacial score (nSPS) is 17.0. The lowest BCUT2D eigenvalue weighted by Crippen LogP contribution is -2.48. The molecule has 1 aromatic carbocycles. The SMILES string of the molecule is CCCN1CCN(C(=O)c2ccc3c(c2)Sc2ncccc2C(=O)N3CC)CC1. The molecule has 29 heavy (non-hydrogen) atoms. The summed E-state index contributed by atoms with van der Waals surface area (Å²) in [4.78, 5) is 37.5. The Bertz CT molecular complexity index is 925. The zero-order chi connectivity index (χ0) is 20.4. The van der Waals surface area contributed by atoms with Gasteiger partial charge in [0, 0.05) is 49.4 Å². The molecule has 7 heteroatoms. The molecule has 2 amide bonds. The van der Waals surface area contributed by atoms with Gasteiger partial charge in [-0.3, -0.25) is 14.5 Å². The van der Waals surface area contributed by atoms with Crippen LogP contribution in [0.2, 0.25) is 0 Å². The zero-order valence-corrected chi connectivity index (χ0v) is 17.7. The van der Waals surface area contributed by atoms with E-state index >= 15 is 0 Å². The summed E-state index contributed by atoms with van der Waals surface area (Å²) in [6.45, 7) is 9.16. The molecule has 1 fully saturated rings. The number of hydrogen-bond acceptors (Lipinski definition) is 5. The van der Waals surface area contributed by atoms with Crippen LogP contribution in [-0.2, 0) is 0 Å². The van der Waals surface area contributed by atoms with Gasteiger partial charge in [0.1, 0.15) is 5.03 Å². The van der Waals surface area contributed by atoms with Crippen LogP contribution in [0.3, 0.4) is 0 Å². The first kappa shape index (κ1) is 19.9. The summed E-state index contributed by atoms with van der Waals surface area (Å²) in [5.74, 6) is 0.0115. The van der Waals surface area contributed by atoms with Crippen molar-refractivity contribution in [1.82, 2.24) is 14.8 Å². The number of pyridine rings is 1. The van der Waals surface area contributed by atoms with E-state index < -0.39 is 0 Å². The van der Waals surface area contributed by atoms with Crippen molar-refractivity contribution in [3.05, 3.63) is 47.7 Å². The zero-order valence-electron chi connectivity index (χ0n) is 16.9. The number of anilines is 1. The van der Waals surface area contributed by atoms with E-state index in [-0.39, 0.29) is 11.8 Å². The number of rotatable bonds is 4. The molecule has 0 bridgehead atoms. The number of benzene rings is 1. The Morgan fingerprint density at radius 3 is 2.66 bits per heavy atom. The highest BCUT2D eigenvalue weighted by atomic mass is 32.2. The number of aromatic nitrogens is 1. The fourth-order valence-corrected chi connectivity index (χ4v) is 4.99. The van der Waals surface area contributed by atoms with Gasteiger partial charge in [0.25, 0.3) is 11.8 Å². The predicted molar refractivity (Wildman–Crippen MR) is 115 cm³/mol. The van der Waals surface area contributed by atoms with Crippen LogP contribution in [0.25, 0.3) is 0 Å². The van der Waals surface area contributed by atoms with Gasteiger partial charge in [-0.25, -0.2) is 4.98 Å². The molecule has 0 atom stereocenters. The van der Waals surface area contributed by atoms with E-state index in [9.17, 15) is 9.59 Å². The molecule has 6 nitrogen and oxygen atoms in total. The second kappa shape index (κ2) is 8.55. The summed E-state index contributed by atoms with van der Waals surface area (Å²) in [6.07, 6.45) is 2.84. The predicted octanol–water partition coefficient (Wildman–Crippen LogP) is 3.38. The smallest absolute Gasteiger partial charge is 0.261 e. The van der Waals surface area contributed by atoms with E-state index in [4.69, 9.17) is 0 Å². The summed E-state index contributed by atoms with van der Waals surface area (Å²) < 4.78 is 0. The minimum atomic E-state index is -0.0482. The van der Waals surface area contributed by atoms with Crippen molar-refractivity contribution in [3.63, 3.8) is 0 Å². The molecule has 3 heterocycles. The Morgan fingerprint density at radius 2 is 1.93 bits per heavy atom. The maximum atomic E-state index is 13.1. The van der Waals surface area contributed by atoms with E-state index in [1.54, 1.807) is 17.2 Å². The number of carbonyl (C=O) groups excluding carboxylic acids is 2. The van der Waals surface area contributed by atoms with Gasteiger partial charge in [0.15, 0.2) is 0 Å². The highest BCUT2D eigenvalue weighted by molar-refractivity contribution is 7.99. The van der Waals surface area contributed by atoms with Crippen LogP contribution in [0.15, 0.2) is 46.5 Å². The molecule has 0 aliphatic carbocycles. The molecule has 2 aliphatic rings. The monoisotopic (exact) mass is 410 g/mol. The van der Waals surface area contributed by atoms with Crippen LogP contribution in [-0.4, -0.2) is 65.9 Å². The van der Waals surface area contributed by atoms with Crippen LogP contribution >= 0.6 is 11.8 Å². The lowest BCUT2D eigenvalue weighted by molar-refractivity contribution is 0.0637. The number of carbonyl (C=O) groups is 2. The Morgan fingerprint density at radius 1 is 1.14 bits per heavy atom. The third-order valence-corrected chi connectivity index (χ3v) is 6.53. The van der Waals surface area contributed by atoms with Gasteiger partial charge in [-0.15, -0.1) is 0 Å². The summed E-state index contributed by atoms with van der Waals surface area (Å²) >= 11 is 1.46. The standard InChI is InChI=1S/C22H26N4O2S/c1-3-10-24-11-13-25(14-12-24)21(27)16-7-8-18-19(15-16)29-20-17(6-5-9-23-20)22(28)26(18)4-2/h5-9,15H,3-4,10-14H2,1-2H3. The molecule has 2 aromatic rings. The second-order valence-electron chi connectivity index (χ2n) is 7.32. The summed E-state index contributed by atoms with van der Waals surface area (Å²) in [5.41, 5.74) is 2.11. The van der Waals surface area contributed by atoms with Crippen LogP contribution in [0.5, 0.6) is 0 Å². The molecule has 1 aromatic heterocycles. The van der Waals surface area contributed by atoms with Gasteiger partial charge in [-0.05, 0) is 50.2 Å². The Kier molecular flexibility index (Phi) is 5.87. The van der Waals surface area contributed by atoms with Crippen molar-refractivity contribution in [1.29, 1.82) is 0 Å². The lowest BCUT2D eigenvalue weighted by atomic mass is 10.1. The van der Waals surface area contributed by atoms with E-state index in [1.165, 1.54) is 11.8 Å². The van der Waals surface area contributed by atoms with Gasteiger partial charge in [0.2, 0.25) is 0 Å². The highest BCUT2D eigenvalue weighted by Gasteiger charge is 2.28. The molecular weight excluding hydrogens is 384 g/mol. The number of nitrogens with zero attached hydrogens (tertiary/aromatic N) is 4. The lowest BCUT2D eigenvalue weighted by Gasteiger charge is -2.34. The van der Waals surface area contributed by atoms with Crippen molar-refractivity contribution in [3.8, 4) is 0 Å². The minimum Gasteiger partial charge on any atom is -0.336 e. The first-order valence-corrected chi connectivity index (χ1v) is 11.0. The Hall–Kier alpha value is -2.38. The fraction of sp³-hybridized carbons (Fsp3) is 0.409. The van der Waals surface area contributed by atoms with E-state index in [0.29, 0.717) is 22.7 Å². The van der Waals surface area contributed by atoms with Crippen molar-refractivity contribution in [2.45, 2.75) is 30.2 Å². The molecule has 0 unspecified atom stereocenters. The first-order chi connectivity index (χ1) is 14.1. The van der Waals surface area contributed by atoms with Gasteiger partial charge < -0.3 is 9.80 Å². The molecule has 0 spiro atoms. The maximum Gasteiger partial charge on any atom is 0.261 e. The molecule has 2 aliphatic heterocycles. The minimum absolute atomic E-state index is 0.0482. The van der Waals surface area contributed by atoms with E-state index in [0.717, 1.165) is 49.7 Å². The number of amides is 2. The third-order valence-electron chi connectivity index (χ3n) is 5.47. The molecule has 1 saturated heterocycles. The van der Waals surface area contributed by atoms with Crippen LogP contribution in [0.4, 0.5) is 5.69 Å². The van der Waals surface area contributed by atoms with Crippen molar-refractivity contribution in [2.75, 3.05) is 44.2 Å². The molecular formula is C22H26N4O2S. The fourth-order valence-electron chi connectivity index (χ4n) is 3.93. The average Bonchev–Trinajstić information content (AvgIpc) is 2.87. The summed E-state index contributed by atoms with van der Waals surface area (Å²) in [6, 6.07) is 9.26. The van der Waals surface area contributed by atoms with Crippen LogP contribution in [0.1, 0.15) is 41.0 Å². The number of piperazine rings is 1. The maximum absolute atomic E-state index is 13.1. The average molecular weight is 411 g/mol. The molecule has 0 N–H and O–H groups in total. The summed E-state index contributed by atoms with van der Waals surface area (Å²) in [7, 11) is 0. The Balaban J connectivity index is 1.61. The molecule has 152 valence electrons. The first-order valence-electron chi connectivity index (χ1n) is 10.2. The largest absolute Gasteiger partial charge is 0.336 e. The van der Waals surface area contributed by atoms with Gasteiger partial charge in [0.05, 0.1) is 11.3 Å². The van der Waals surface area contributed by atoms with Crippen molar-refractivity contribution in [2.24, 2.45) is 0 Å². The summed E-state index contributed by atoms with van der Waals surface area (Å²) in [5, 5.41) is 0.687. The second-order valence-corrected chi connectivity index (χ2v) is 8.35. The quantitative estimate of drug-likeness (QED) is 0.773. The molecule has 0 radical (unpaired) electrons. The number of hydrogen-bond donors (Lipinski definition) is 0. The van der Waals surface area contributed by atoms with Gasteiger partial charge in [-0.2, -0.15) is 0 Å². The third kappa shape index (κ3) is 3.89. The van der Waals surface area contributed by atoms with E-state index in [1.807, 2.05) is 36.1 Å². The van der Waals surface area contributed by atoms with Crippen molar-refractivity contribution < 1.29 is 9.59 Å².